The fourth-order valence-electron chi connectivity index (χ4n) is 3.05. The van der Waals surface area contributed by atoms with E-state index in [9.17, 15) is 9.90 Å². The number of aromatic hydroxyl groups is 1. The number of nitrogens with two attached hydrogens (primary N) is 1. The third-order valence-electron chi connectivity index (χ3n) is 4.71. The van der Waals surface area contributed by atoms with E-state index in [2.05, 4.69) is 26.8 Å². The first-order valence-corrected chi connectivity index (χ1v) is 9.92. The maximum Gasteiger partial charge on any atom is 0.297 e. The summed E-state index contributed by atoms with van der Waals surface area (Å²) in [6, 6.07) is 5.17. The summed E-state index contributed by atoms with van der Waals surface area (Å²) in [5, 5.41) is 11.2. The van der Waals surface area contributed by atoms with Crippen LogP contribution in [0.15, 0.2) is 46.3 Å². The summed E-state index contributed by atoms with van der Waals surface area (Å²) < 4.78 is 7.37. The van der Waals surface area contributed by atoms with Gasteiger partial charge in [-0.15, -0.1) is 0 Å². The molecule has 5 nitrogen and oxygen atoms in total. The molecule has 0 saturated carbocycles. The van der Waals surface area contributed by atoms with Crippen LogP contribution in [0.3, 0.4) is 0 Å². The van der Waals surface area contributed by atoms with E-state index in [4.69, 9.17) is 10.5 Å². The number of unbranched alkanes of at least 4 members (excludes halogenated alkanes) is 1. The van der Waals surface area contributed by atoms with E-state index in [1.54, 1.807) is 22.8 Å². The monoisotopic (exact) mass is 384 g/mol. The molecule has 2 aromatic rings. The van der Waals surface area contributed by atoms with Gasteiger partial charge in [-0.1, -0.05) is 30.6 Å². The van der Waals surface area contributed by atoms with Crippen molar-refractivity contribution >= 4 is 16.6 Å². The van der Waals surface area contributed by atoms with Crippen molar-refractivity contribution in [1.29, 1.82) is 0 Å². The van der Waals surface area contributed by atoms with E-state index in [1.165, 1.54) is 11.1 Å². The molecule has 0 fully saturated rings. The summed E-state index contributed by atoms with van der Waals surface area (Å²) >= 11 is 0. The van der Waals surface area contributed by atoms with Crippen LogP contribution < -0.4 is 16.0 Å². The molecule has 1 aromatic heterocycles. The van der Waals surface area contributed by atoms with Gasteiger partial charge in [0.15, 0.2) is 5.75 Å². The lowest BCUT2D eigenvalue weighted by Gasteiger charge is -2.15. The van der Waals surface area contributed by atoms with Crippen LogP contribution in [0.1, 0.15) is 53.4 Å². The van der Waals surface area contributed by atoms with Gasteiger partial charge >= 0.3 is 0 Å². The number of nitrogens with zero attached hydrogens (tertiary/aromatic N) is 1. The molecule has 5 heteroatoms. The molecule has 1 heterocycles. The summed E-state index contributed by atoms with van der Waals surface area (Å²) in [5.74, 6) is -0.120. The molecule has 0 radical (unpaired) electrons. The third kappa shape index (κ3) is 5.41. The van der Waals surface area contributed by atoms with Crippen LogP contribution in [0, 0.1) is 0 Å². The molecule has 0 aliphatic carbocycles. The second-order valence-corrected chi connectivity index (χ2v) is 7.45. The van der Waals surface area contributed by atoms with Gasteiger partial charge in [0.25, 0.3) is 5.56 Å². The number of fused-ring (bicyclic) bond motifs is 1. The lowest BCUT2D eigenvalue weighted by Crippen LogP contribution is -2.23. The zero-order chi connectivity index (χ0) is 20.7. The summed E-state index contributed by atoms with van der Waals surface area (Å²) in [6.45, 7) is 9.10. The molecule has 0 unspecified atom stereocenters. The summed E-state index contributed by atoms with van der Waals surface area (Å²) in [6.07, 6.45) is 7.90. The Morgan fingerprint density at radius 3 is 2.68 bits per heavy atom. The fraction of sp³-hybridized carbons (Fsp3) is 0.435. The maximum absolute atomic E-state index is 13.0. The van der Waals surface area contributed by atoms with E-state index in [-0.39, 0.29) is 23.7 Å². The van der Waals surface area contributed by atoms with Crippen LogP contribution in [0.5, 0.6) is 11.5 Å². The molecule has 2 rings (SSSR count). The molecular formula is C23H32N2O3. The quantitative estimate of drug-likeness (QED) is 0.462. The minimum atomic E-state index is -0.320. The standard InChI is InChI=1S/C23H32N2O3/c1-5-6-13-25-20-15-18(24)10-11-19(20)21(26)22(23(25)27)28-14-12-17(4)9-7-8-16(2)3/h8,10-12,15,26H,5-7,9,13-14,24H2,1-4H3/b17-12+. The molecule has 152 valence electrons. The van der Waals surface area contributed by atoms with Gasteiger partial charge in [0.2, 0.25) is 5.75 Å². The van der Waals surface area contributed by atoms with E-state index in [1.807, 2.05) is 13.0 Å². The minimum Gasteiger partial charge on any atom is -0.504 e. The van der Waals surface area contributed by atoms with Crippen LogP contribution in [0.4, 0.5) is 5.69 Å². The first-order valence-electron chi connectivity index (χ1n) is 9.92. The molecule has 0 amide bonds. The van der Waals surface area contributed by atoms with Gasteiger partial charge < -0.3 is 20.1 Å². The predicted molar refractivity (Wildman–Crippen MR) is 117 cm³/mol. The number of aryl methyl sites for hydroxylation is 1. The van der Waals surface area contributed by atoms with Crippen LogP contribution in [-0.2, 0) is 6.54 Å². The number of pyridine rings is 1. The number of anilines is 1. The highest BCUT2D eigenvalue weighted by molar-refractivity contribution is 5.89. The Morgan fingerprint density at radius 1 is 1.25 bits per heavy atom. The highest BCUT2D eigenvalue weighted by atomic mass is 16.5. The van der Waals surface area contributed by atoms with Crippen molar-refractivity contribution in [3.05, 3.63) is 51.9 Å². The number of allylic oxidation sites excluding steroid dienone is 3. The van der Waals surface area contributed by atoms with Crippen molar-refractivity contribution in [3.63, 3.8) is 0 Å². The number of ether oxygens (including phenoxy) is 1. The molecule has 3 N–H and O–H groups in total. The normalized spacial score (nSPS) is 11.6. The largest absolute Gasteiger partial charge is 0.504 e. The number of benzene rings is 1. The average molecular weight is 385 g/mol. The zero-order valence-corrected chi connectivity index (χ0v) is 17.4. The minimum absolute atomic E-state index is 0.00160. The lowest BCUT2D eigenvalue weighted by molar-refractivity contribution is 0.328. The molecule has 0 bridgehead atoms. The van der Waals surface area contributed by atoms with Gasteiger partial charge in [0.1, 0.15) is 6.61 Å². The average Bonchev–Trinajstić information content (AvgIpc) is 2.64. The zero-order valence-electron chi connectivity index (χ0n) is 17.4. The van der Waals surface area contributed by atoms with E-state index in [0.717, 1.165) is 25.7 Å². The first-order chi connectivity index (χ1) is 13.3. The number of hydrogen-bond acceptors (Lipinski definition) is 4. The van der Waals surface area contributed by atoms with Crippen LogP contribution >= 0.6 is 0 Å². The Morgan fingerprint density at radius 2 is 2.00 bits per heavy atom. The van der Waals surface area contributed by atoms with Gasteiger partial charge in [0, 0.05) is 17.6 Å². The third-order valence-corrected chi connectivity index (χ3v) is 4.71. The van der Waals surface area contributed by atoms with Crippen molar-refractivity contribution < 1.29 is 9.84 Å². The maximum atomic E-state index is 13.0. The first kappa shape index (κ1) is 21.6. The van der Waals surface area contributed by atoms with E-state index < -0.39 is 0 Å². The van der Waals surface area contributed by atoms with Crippen LogP contribution in [-0.4, -0.2) is 16.3 Å². The predicted octanol–water partition coefficient (Wildman–Crippen LogP) is 5.16. The van der Waals surface area contributed by atoms with Gasteiger partial charge in [-0.3, -0.25) is 4.79 Å². The molecular weight excluding hydrogens is 352 g/mol. The smallest absolute Gasteiger partial charge is 0.297 e. The van der Waals surface area contributed by atoms with Crippen molar-refractivity contribution in [2.24, 2.45) is 0 Å². The molecule has 1 aromatic carbocycles. The molecule has 0 aliphatic heterocycles. The van der Waals surface area contributed by atoms with Crippen molar-refractivity contribution in [3.8, 4) is 11.5 Å². The van der Waals surface area contributed by atoms with Gasteiger partial charge in [-0.25, -0.2) is 0 Å². The number of hydrogen-bond donors (Lipinski definition) is 2. The van der Waals surface area contributed by atoms with E-state index in [0.29, 0.717) is 23.1 Å². The van der Waals surface area contributed by atoms with Gasteiger partial charge in [-0.05, 0) is 64.3 Å². The Labute approximate surface area is 167 Å². The molecule has 0 spiro atoms. The number of aromatic nitrogens is 1. The Hall–Kier alpha value is -2.69. The topological polar surface area (TPSA) is 77.5 Å². The van der Waals surface area contributed by atoms with Crippen molar-refractivity contribution in [1.82, 2.24) is 4.57 Å². The fourth-order valence-corrected chi connectivity index (χ4v) is 3.05. The number of rotatable bonds is 9. The van der Waals surface area contributed by atoms with Crippen LogP contribution in [0.2, 0.25) is 0 Å². The Kier molecular flexibility index (Phi) is 7.73. The SMILES string of the molecule is CCCCn1c(=O)c(OC/C=C(\C)CCC=C(C)C)c(O)c2ccc(N)cc21. The summed E-state index contributed by atoms with van der Waals surface area (Å²) in [4.78, 5) is 13.0. The molecule has 0 atom stereocenters. The Balaban J connectivity index is 2.30. The highest BCUT2D eigenvalue weighted by Crippen LogP contribution is 2.32. The lowest BCUT2D eigenvalue weighted by atomic mass is 10.1. The highest BCUT2D eigenvalue weighted by Gasteiger charge is 2.17. The second-order valence-electron chi connectivity index (χ2n) is 7.45. The van der Waals surface area contributed by atoms with Crippen LogP contribution in [0.25, 0.3) is 10.9 Å². The van der Waals surface area contributed by atoms with E-state index >= 15 is 0 Å². The van der Waals surface area contributed by atoms with Gasteiger partial charge in [0.05, 0.1) is 5.52 Å². The molecule has 0 saturated heterocycles. The van der Waals surface area contributed by atoms with Gasteiger partial charge in [-0.2, -0.15) is 0 Å². The molecule has 0 aliphatic rings. The summed E-state index contributed by atoms with van der Waals surface area (Å²) in [7, 11) is 0. The number of nitrogen functional groups attached to an aromatic ring is 1. The summed E-state index contributed by atoms with van der Waals surface area (Å²) in [5.41, 5.74) is 9.26. The molecule has 28 heavy (non-hydrogen) atoms. The van der Waals surface area contributed by atoms with Crippen molar-refractivity contribution in [2.75, 3.05) is 12.3 Å². The second kappa shape index (κ2) is 10.0. The van der Waals surface area contributed by atoms with Crippen molar-refractivity contribution in [2.45, 2.75) is 59.9 Å². The Bertz CT molecular complexity index is 935.